The Kier molecular flexibility index (Phi) is 5.18. The molecule has 1 aromatic heterocycles. The number of carbonyl (C=O) groups excluding carboxylic acids is 1. The van der Waals surface area contributed by atoms with Gasteiger partial charge in [0.05, 0.1) is 10.4 Å². The molecule has 1 heterocycles. The zero-order valence-corrected chi connectivity index (χ0v) is 14.1. The van der Waals surface area contributed by atoms with E-state index >= 15 is 0 Å². The number of hydrogen-bond acceptors (Lipinski definition) is 4. The van der Waals surface area contributed by atoms with E-state index in [9.17, 15) is 4.79 Å². The molecule has 0 spiro atoms. The smallest absolute Gasteiger partial charge is 0.312 e. The Morgan fingerprint density at radius 3 is 2.42 bits per heavy atom. The number of nitrogens with zero attached hydrogens (tertiary/aromatic N) is 1. The van der Waals surface area contributed by atoms with E-state index < -0.39 is 5.97 Å². The van der Waals surface area contributed by atoms with E-state index in [1.165, 1.54) is 0 Å². The standard InChI is InChI=1S/C20H17NO2S/c1-15-9-11-17(12-10-15)20(22)23-21-18(19-8-5-13-24-19)14-16-6-3-2-4-7-16/h2-13H,14H2,1H3/b21-18-. The highest BCUT2D eigenvalue weighted by Gasteiger charge is 2.11. The summed E-state index contributed by atoms with van der Waals surface area (Å²) in [6, 6.07) is 21.2. The number of carbonyl (C=O) groups is 1. The number of oxime groups is 1. The molecule has 0 fully saturated rings. The summed E-state index contributed by atoms with van der Waals surface area (Å²) in [7, 11) is 0. The van der Waals surface area contributed by atoms with Gasteiger partial charge in [-0.3, -0.25) is 0 Å². The summed E-state index contributed by atoms with van der Waals surface area (Å²) in [5.41, 5.74) is 3.46. The monoisotopic (exact) mass is 335 g/mol. The van der Waals surface area contributed by atoms with Gasteiger partial charge in [-0.2, -0.15) is 0 Å². The molecular formula is C20H17NO2S. The van der Waals surface area contributed by atoms with Gasteiger partial charge in [0.2, 0.25) is 0 Å². The quantitative estimate of drug-likeness (QED) is 0.379. The van der Waals surface area contributed by atoms with Gasteiger partial charge < -0.3 is 4.84 Å². The lowest BCUT2D eigenvalue weighted by atomic mass is 10.1. The second-order valence-corrected chi connectivity index (χ2v) is 6.37. The third kappa shape index (κ3) is 4.18. The van der Waals surface area contributed by atoms with Crippen molar-refractivity contribution in [3.63, 3.8) is 0 Å². The first kappa shape index (κ1) is 16.1. The van der Waals surface area contributed by atoms with Crippen LogP contribution in [0.3, 0.4) is 0 Å². The molecule has 0 saturated heterocycles. The third-order valence-electron chi connectivity index (χ3n) is 3.55. The highest BCUT2D eigenvalue weighted by Crippen LogP contribution is 2.15. The number of hydrogen-bond donors (Lipinski definition) is 0. The van der Waals surface area contributed by atoms with Gasteiger partial charge in [0, 0.05) is 6.42 Å². The minimum Gasteiger partial charge on any atom is -0.312 e. The summed E-state index contributed by atoms with van der Waals surface area (Å²) in [5, 5.41) is 6.12. The zero-order valence-electron chi connectivity index (χ0n) is 13.3. The van der Waals surface area contributed by atoms with Crippen molar-refractivity contribution in [1.29, 1.82) is 0 Å². The second kappa shape index (κ2) is 7.70. The van der Waals surface area contributed by atoms with Crippen molar-refractivity contribution >= 4 is 23.0 Å². The van der Waals surface area contributed by atoms with Gasteiger partial charge in [0.1, 0.15) is 5.71 Å². The minimum absolute atomic E-state index is 0.447. The molecule has 0 N–H and O–H groups in total. The molecule has 3 aromatic rings. The van der Waals surface area contributed by atoms with Crippen LogP contribution in [0.15, 0.2) is 77.3 Å². The maximum absolute atomic E-state index is 12.2. The van der Waals surface area contributed by atoms with Gasteiger partial charge in [-0.25, -0.2) is 4.79 Å². The van der Waals surface area contributed by atoms with E-state index in [2.05, 4.69) is 5.16 Å². The number of thiophene rings is 1. The van der Waals surface area contributed by atoms with Gasteiger partial charge >= 0.3 is 5.97 Å². The molecule has 0 aliphatic carbocycles. The van der Waals surface area contributed by atoms with Crippen LogP contribution >= 0.6 is 11.3 Å². The molecule has 2 aromatic carbocycles. The largest absolute Gasteiger partial charge is 0.365 e. The van der Waals surface area contributed by atoms with E-state index in [0.29, 0.717) is 12.0 Å². The van der Waals surface area contributed by atoms with Crippen molar-refractivity contribution in [1.82, 2.24) is 0 Å². The predicted octanol–water partition coefficient (Wildman–Crippen LogP) is 4.86. The van der Waals surface area contributed by atoms with Gasteiger partial charge in [0.15, 0.2) is 0 Å². The van der Waals surface area contributed by atoms with Crippen LogP contribution < -0.4 is 0 Å². The van der Waals surface area contributed by atoms with Gasteiger partial charge in [-0.15, -0.1) is 11.3 Å². The number of rotatable bonds is 5. The normalized spacial score (nSPS) is 11.3. The molecule has 3 nitrogen and oxygen atoms in total. The highest BCUT2D eigenvalue weighted by atomic mass is 32.1. The Morgan fingerprint density at radius 2 is 1.75 bits per heavy atom. The molecule has 0 aliphatic heterocycles. The fraction of sp³-hybridized carbons (Fsp3) is 0.100. The highest BCUT2D eigenvalue weighted by molar-refractivity contribution is 7.12. The fourth-order valence-electron chi connectivity index (χ4n) is 2.24. The van der Waals surface area contributed by atoms with Crippen LogP contribution in [0.5, 0.6) is 0 Å². The Hall–Kier alpha value is -2.72. The van der Waals surface area contributed by atoms with Crippen molar-refractivity contribution in [3.05, 3.63) is 93.7 Å². The maximum atomic E-state index is 12.2. The van der Waals surface area contributed by atoms with Gasteiger partial charge in [-0.1, -0.05) is 59.3 Å². The molecule has 0 atom stereocenters. The van der Waals surface area contributed by atoms with Crippen LogP contribution in [-0.2, 0) is 11.3 Å². The van der Waals surface area contributed by atoms with E-state index in [1.54, 1.807) is 23.5 Å². The third-order valence-corrected chi connectivity index (χ3v) is 4.46. The van der Waals surface area contributed by atoms with Crippen molar-refractivity contribution in [3.8, 4) is 0 Å². The Labute approximate surface area is 145 Å². The van der Waals surface area contributed by atoms with Crippen molar-refractivity contribution in [2.45, 2.75) is 13.3 Å². The average Bonchev–Trinajstić information content (AvgIpc) is 3.14. The number of benzene rings is 2. The Morgan fingerprint density at radius 1 is 1.00 bits per heavy atom. The molecule has 0 saturated carbocycles. The lowest BCUT2D eigenvalue weighted by Crippen LogP contribution is -2.08. The molecule has 0 unspecified atom stereocenters. The van der Waals surface area contributed by atoms with Crippen LogP contribution in [0.25, 0.3) is 0 Å². The molecule has 0 radical (unpaired) electrons. The molecule has 3 rings (SSSR count). The summed E-state index contributed by atoms with van der Waals surface area (Å²) in [6.45, 7) is 1.97. The first-order valence-electron chi connectivity index (χ1n) is 7.65. The average molecular weight is 335 g/mol. The van der Waals surface area contributed by atoms with E-state index in [1.807, 2.05) is 66.9 Å². The molecule has 24 heavy (non-hydrogen) atoms. The van der Waals surface area contributed by atoms with Gasteiger partial charge in [-0.05, 0) is 36.1 Å². The molecule has 120 valence electrons. The maximum Gasteiger partial charge on any atom is 0.365 e. The minimum atomic E-state index is -0.447. The predicted molar refractivity (Wildman–Crippen MR) is 97.6 cm³/mol. The second-order valence-electron chi connectivity index (χ2n) is 5.42. The summed E-state index contributed by atoms with van der Waals surface area (Å²) in [6.07, 6.45) is 0.614. The van der Waals surface area contributed by atoms with Crippen LogP contribution in [-0.4, -0.2) is 11.7 Å². The van der Waals surface area contributed by atoms with E-state index in [-0.39, 0.29) is 0 Å². The lowest BCUT2D eigenvalue weighted by molar-refractivity contribution is 0.0516. The van der Waals surface area contributed by atoms with Crippen LogP contribution in [0.4, 0.5) is 0 Å². The number of aryl methyl sites for hydroxylation is 1. The first-order chi connectivity index (χ1) is 11.7. The van der Waals surface area contributed by atoms with Crippen LogP contribution in [0.2, 0.25) is 0 Å². The Balaban J connectivity index is 1.79. The Bertz CT molecular complexity index is 822. The molecule has 0 amide bonds. The van der Waals surface area contributed by atoms with E-state index in [4.69, 9.17) is 4.84 Å². The zero-order chi connectivity index (χ0) is 16.8. The van der Waals surface area contributed by atoms with Gasteiger partial charge in [0.25, 0.3) is 0 Å². The summed E-state index contributed by atoms with van der Waals surface area (Å²) >= 11 is 1.58. The lowest BCUT2D eigenvalue weighted by Gasteiger charge is -2.05. The summed E-state index contributed by atoms with van der Waals surface area (Å²) in [4.78, 5) is 18.3. The first-order valence-corrected chi connectivity index (χ1v) is 8.53. The van der Waals surface area contributed by atoms with Crippen molar-refractivity contribution in [2.24, 2.45) is 5.16 Å². The van der Waals surface area contributed by atoms with Crippen molar-refractivity contribution in [2.75, 3.05) is 0 Å². The van der Waals surface area contributed by atoms with Crippen molar-refractivity contribution < 1.29 is 9.63 Å². The van der Waals surface area contributed by atoms with E-state index in [0.717, 1.165) is 21.7 Å². The molecule has 0 aliphatic rings. The topological polar surface area (TPSA) is 38.7 Å². The summed E-state index contributed by atoms with van der Waals surface area (Å²) < 4.78 is 0. The summed E-state index contributed by atoms with van der Waals surface area (Å²) in [5.74, 6) is -0.447. The molecular weight excluding hydrogens is 318 g/mol. The molecule has 4 heteroatoms. The van der Waals surface area contributed by atoms with Crippen LogP contribution in [0.1, 0.15) is 26.4 Å². The van der Waals surface area contributed by atoms with Crippen LogP contribution in [0, 0.1) is 6.92 Å². The SMILES string of the molecule is Cc1ccc(C(=O)O/N=C(/Cc2ccccc2)c2cccs2)cc1. The fourth-order valence-corrected chi connectivity index (χ4v) is 2.94. The molecule has 0 bridgehead atoms.